The van der Waals surface area contributed by atoms with E-state index >= 15 is 0 Å². The second-order valence-corrected chi connectivity index (χ2v) is 5.68. The number of para-hydroxylation sites is 1. The minimum atomic E-state index is -0.524. The normalized spacial score (nSPS) is 17.2. The quantitative estimate of drug-likeness (QED) is 0.394. The van der Waals surface area contributed by atoms with E-state index in [0.29, 0.717) is 10.0 Å². The SMILES string of the molecule is O=C1NC(=O)C(=CC=Cc2ccccc2[N+](=O)[O-])[Se]1. The molecule has 0 unspecified atom stereocenters. The molecule has 0 radical (unpaired) electrons. The van der Waals surface area contributed by atoms with Crippen LogP contribution in [-0.2, 0) is 4.79 Å². The summed E-state index contributed by atoms with van der Waals surface area (Å²) in [5.74, 6) is -0.391. The molecule has 0 atom stereocenters. The summed E-state index contributed by atoms with van der Waals surface area (Å²) in [4.78, 5) is 32.3. The van der Waals surface area contributed by atoms with Gasteiger partial charge in [0.1, 0.15) is 0 Å². The van der Waals surface area contributed by atoms with Crippen molar-refractivity contribution in [3.63, 3.8) is 0 Å². The van der Waals surface area contributed by atoms with E-state index in [4.69, 9.17) is 0 Å². The van der Waals surface area contributed by atoms with Crippen LogP contribution >= 0.6 is 0 Å². The first-order valence-electron chi connectivity index (χ1n) is 5.23. The van der Waals surface area contributed by atoms with Gasteiger partial charge in [-0.1, -0.05) is 0 Å². The topological polar surface area (TPSA) is 89.3 Å². The molecule has 1 aliphatic heterocycles. The van der Waals surface area contributed by atoms with Crippen molar-refractivity contribution in [2.24, 2.45) is 0 Å². The number of nitrogens with one attached hydrogen (secondary N) is 1. The van der Waals surface area contributed by atoms with Crippen LogP contribution in [0.25, 0.3) is 6.08 Å². The zero-order valence-electron chi connectivity index (χ0n) is 9.53. The van der Waals surface area contributed by atoms with Crippen LogP contribution in [0, 0.1) is 10.1 Å². The number of nitrogens with zero attached hydrogens (tertiary/aromatic N) is 1. The molecular formula is C12H8N2O4Se. The number of carbonyl (C=O) groups is 2. The second kappa shape index (κ2) is 5.60. The zero-order valence-corrected chi connectivity index (χ0v) is 11.2. The first-order chi connectivity index (χ1) is 9.08. The number of allylic oxidation sites excluding steroid dienone is 2. The van der Waals surface area contributed by atoms with Crippen LogP contribution in [0.15, 0.2) is 40.9 Å². The monoisotopic (exact) mass is 324 g/mol. The van der Waals surface area contributed by atoms with Crippen LogP contribution in [0.4, 0.5) is 10.5 Å². The molecule has 1 aromatic rings. The molecular weight excluding hydrogens is 315 g/mol. The number of hydrogen-bond donors (Lipinski definition) is 1. The van der Waals surface area contributed by atoms with Crippen molar-refractivity contribution >= 4 is 37.4 Å². The van der Waals surface area contributed by atoms with Crippen molar-refractivity contribution < 1.29 is 14.5 Å². The number of carbonyl (C=O) groups excluding carboxylic acids is 2. The van der Waals surface area contributed by atoms with E-state index in [9.17, 15) is 19.7 Å². The molecule has 1 fully saturated rings. The van der Waals surface area contributed by atoms with E-state index in [-0.39, 0.29) is 10.5 Å². The van der Waals surface area contributed by atoms with Gasteiger partial charge in [-0.3, -0.25) is 0 Å². The maximum absolute atomic E-state index is 11.3. The molecule has 96 valence electrons. The third-order valence-corrected chi connectivity index (χ3v) is 4.04. The molecule has 6 nitrogen and oxygen atoms in total. The number of benzene rings is 1. The van der Waals surface area contributed by atoms with E-state index in [1.807, 2.05) is 0 Å². The summed E-state index contributed by atoms with van der Waals surface area (Å²) in [6.07, 6.45) is 4.59. The third-order valence-electron chi connectivity index (χ3n) is 2.30. The summed E-state index contributed by atoms with van der Waals surface area (Å²) >= 11 is -0.524. The summed E-state index contributed by atoms with van der Waals surface area (Å²) in [6.45, 7) is 0. The Balaban J connectivity index is 2.20. The first kappa shape index (κ1) is 13.2. The number of hydrogen-bond acceptors (Lipinski definition) is 4. The molecule has 0 saturated carbocycles. The number of amides is 2. The van der Waals surface area contributed by atoms with Gasteiger partial charge >= 0.3 is 114 Å². The number of nitro groups is 1. The molecule has 19 heavy (non-hydrogen) atoms. The van der Waals surface area contributed by atoms with Gasteiger partial charge in [-0.15, -0.1) is 0 Å². The van der Waals surface area contributed by atoms with E-state index in [1.54, 1.807) is 18.2 Å². The Hall–Kier alpha value is -2.24. The Kier molecular flexibility index (Phi) is 3.89. The number of nitro benzene ring substituents is 1. The van der Waals surface area contributed by atoms with Crippen molar-refractivity contribution in [1.82, 2.24) is 5.32 Å². The van der Waals surface area contributed by atoms with Crippen LogP contribution < -0.4 is 5.32 Å². The Morgan fingerprint density at radius 2 is 2.00 bits per heavy atom. The first-order valence-corrected chi connectivity index (χ1v) is 6.94. The number of imide groups is 1. The van der Waals surface area contributed by atoms with Crippen LogP contribution in [0.3, 0.4) is 0 Å². The van der Waals surface area contributed by atoms with Gasteiger partial charge in [0, 0.05) is 0 Å². The van der Waals surface area contributed by atoms with Gasteiger partial charge in [0.05, 0.1) is 0 Å². The van der Waals surface area contributed by atoms with Crippen molar-refractivity contribution in [3.05, 3.63) is 56.6 Å². The fourth-order valence-electron chi connectivity index (χ4n) is 1.47. The van der Waals surface area contributed by atoms with Crippen LogP contribution in [0.5, 0.6) is 0 Å². The van der Waals surface area contributed by atoms with Gasteiger partial charge < -0.3 is 0 Å². The molecule has 0 bridgehead atoms. The van der Waals surface area contributed by atoms with Gasteiger partial charge in [0.25, 0.3) is 0 Å². The average molecular weight is 323 g/mol. The third kappa shape index (κ3) is 3.15. The van der Waals surface area contributed by atoms with E-state index in [1.165, 1.54) is 24.3 Å². The van der Waals surface area contributed by atoms with E-state index in [0.717, 1.165) is 0 Å². The Bertz CT molecular complexity index is 622. The molecule has 1 aliphatic rings. The van der Waals surface area contributed by atoms with E-state index in [2.05, 4.69) is 5.32 Å². The summed E-state index contributed by atoms with van der Waals surface area (Å²) in [6, 6.07) is 6.29. The number of rotatable bonds is 3. The van der Waals surface area contributed by atoms with Crippen molar-refractivity contribution in [1.29, 1.82) is 0 Å². The van der Waals surface area contributed by atoms with Gasteiger partial charge in [0.2, 0.25) is 0 Å². The molecule has 1 aromatic carbocycles. The van der Waals surface area contributed by atoms with Crippen molar-refractivity contribution in [2.45, 2.75) is 0 Å². The minimum absolute atomic E-state index is 0.00499. The maximum atomic E-state index is 11.3. The standard InChI is InChI=1S/C12H8N2O4Se/c15-11-10(19-12(16)13-11)7-3-5-8-4-1-2-6-9(8)14(17)18/h1-7H,(H,13,15,16). The molecule has 0 spiro atoms. The zero-order chi connectivity index (χ0) is 13.8. The van der Waals surface area contributed by atoms with Gasteiger partial charge in [-0.05, 0) is 0 Å². The van der Waals surface area contributed by atoms with Crippen molar-refractivity contribution in [2.75, 3.05) is 0 Å². The molecule has 1 heterocycles. The second-order valence-electron chi connectivity index (χ2n) is 3.55. The molecule has 1 N–H and O–H groups in total. The predicted octanol–water partition coefficient (Wildman–Crippen LogP) is 1.45. The Labute approximate surface area is 114 Å². The van der Waals surface area contributed by atoms with Gasteiger partial charge in [0.15, 0.2) is 0 Å². The molecule has 2 amide bonds. The molecule has 7 heteroatoms. The molecule has 0 aliphatic carbocycles. The summed E-state index contributed by atoms with van der Waals surface area (Å²) in [5.41, 5.74) is 0.441. The fourth-order valence-corrected chi connectivity index (χ4v) is 2.80. The average Bonchev–Trinajstić information content (AvgIpc) is 2.68. The predicted molar refractivity (Wildman–Crippen MR) is 69.5 cm³/mol. The van der Waals surface area contributed by atoms with E-state index < -0.39 is 25.8 Å². The fraction of sp³-hybridized carbons (Fsp3) is 0. The van der Waals surface area contributed by atoms with Crippen LogP contribution in [0.1, 0.15) is 5.56 Å². The summed E-state index contributed by atoms with van der Waals surface area (Å²) in [7, 11) is 0. The van der Waals surface area contributed by atoms with Gasteiger partial charge in [-0.25, -0.2) is 0 Å². The summed E-state index contributed by atoms with van der Waals surface area (Å²) in [5, 5.41) is 13.0. The van der Waals surface area contributed by atoms with Gasteiger partial charge in [-0.2, -0.15) is 0 Å². The van der Waals surface area contributed by atoms with Crippen molar-refractivity contribution in [3.8, 4) is 0 Å². The molecule has 1 saturated heterocycles. The summed E-state index contributed by atoms with van der Waals surface area (Å²) < 4.78 is 0.410. The Morgan fingerprint density at radius 3 is 2.63 bits per heavy atom. The Morgan fingerprint density at radius 1 is 1.26 bits per heavy atom. The molecule has 0 aromatic heterocycles. The van der Waals surface area contributed by atoms with Crippen LogP contribution in [-0.4, -0.2) is 30.6 Å². The van der Waals surface area contributed by atoms with Crippen LogP contribution in [0.2, 0.25) is 0 Å². The molecule has 2 rings (SSSR count).